The normalized spacial score (nSPS) is 11.3. The van der Waals surface area contributed by atoms with Crippen LogP contribution in [0.3, 0.4) is 0 Å². The maximum atomic E-state index is 12.0. The number of esters is 1. The lowest BCUT2D eigenvalue weighted by Crippen LogP contribution is -2.12. The van der Waals surface area contributed by atoms with E-state index in [-0.39, 0.29) is 5.97 Å². The van der Waals surface area contributed by atoms with Crippen LogP contribution >= 0.6 is 0 Å². The van der Waals surface area contributed by atoms with Gasteiger partial charge in [-0.25, -0.2) is 0 Å². The van der Waals surface area contributed by atoms with Crippen LogP contribution in [-0.4, -0.2) is 31.9 Å². The minimum atomic E-state index is -0.409. The monoisotopic (exact) mass is 791 g/mol. The number of unbranched alkanes of at least 4 members (excludes halogenated alkanes) is 18. The molecular weight excluding hydrogens is 717 g/mol. The molecule has 0 aliphatic heterocycles. The molecule has 0 fully saturated rings. The largest absolute Gasteiger partial charge is 0.494 e. The van der Waals surface area contributed by atoms with Crippen LogP contribution in [0.2, 0.25) is 0 Å². The Hall–Kier alpha value is -4.25. The van der Waals surface area contributed by atoms with Crippen molar-refractivity contribution in [3.8, 4) is 28.4 Å². The lowest BCUT2D eigenvalue weighted by Gasteiger charge is -2.20. The molecule has 5 nitrogen and oxygen atoms in total. The second-order valence-electron chi connectivity index (χ2n) is 15.9. The zero-order valence-electron chi connectivity index (χ0n) is 36.2. The number of carbonyl (C=O) groups is 1. The molecule has 0 spiro atoms. The van der Waals surface area contributed by atoms with Crippen molar-refractivity contribution in [2.45, 2.75) is 161 Å². The average Bonchev–Trinajstić information content (AvgIpc) is 3.25. The van der Waals surface area contributed by atoms with Gasteiger partial charge in [-0.1, -0.05) is 191 Å². The van der Waals surface area contributed by atoms with Crippen molar-refractivity contribution in [3.05, 3.63) is 92.0 Å². The molecule has 0 radical (unpaired) electrons. The van der Waals surface area contributed by atoms with Gasteiger partial charge in [0.25, 0.3) is 0 Å². The third kappa shape index (κ3) is 15.8. The summed E-state index contributed by atoms with van der Waals surface area (Å²) in [6, 6.07) is 23.7. The second kappa shape index (κ2) is 28.2. The van der Waals surface area contributed by atoms with Gasteiger partial charge in [-0.2, -0.15) is 0 Å². The van der Waals surface area contributed by atoms with E-state index >= 15 is 0 Å². The molecule has 4 aromatic rings. The van der Waals surface area contributed by atoms with Crippen LogP contribution in [0.4, 0.5) is 0 Å². The Balaban J connectivity index is 1.43. The Morgan fingerprint density at radius 3 is 1.53 bits per heavy atom. The number of carbonyl (C=O) groups excluding carboxylic acids is 1. The van der Waals surface area contributed by atoms with Crippen molar-refractivity contribution in [2.24, 2.45) is 0 Å². The molecule has 0 atom stereocenters. The molecular formula is C53H74O5. The highest BCUT2D eigenvalue weighted by Crippen LogP contribution is 2.47. The lowest BCUT2D eigenvalue weighted by atomic mass is 9.93. The van der Waals surface area contributed by atoms with Gasteiger partial charge in [0.15, 0.2) is 0 Å². The van der Waals surface area contributed by atoms with Gasteiger partial charge < -0.3 is 18.9 Å². The fourth-order valence-corrected chi connectivity index (χ4v) is 7.74. The second-order valence-corrected chi connectivity index (χ2v) is 15.9. The van der Waals surface area contributed by atoms with Crippen LogP contribution in [0.5, 0.6) is 17.2 Å². The first-order valence-electron chi connectivity index (χ1n) is 23.0. The molecule has 0 amide bonds. The lowest BCUT2D eigenvalue weighted by molar-refractivity contribution is -0.145. The molecule has 0 aromatic heterocycles. The Morgan fingerprint density at radius 1 is 0.517 bits per heavy atom. The average molecular weight is 791 g/mol. The van der Waals surface area contributed by atoms with Crippen molar-refractivity contribution in [1.82, 2.24) is 0 Å². The summed E-state index contributed by atoms with van der Waals surface area (Å²) in [6.07, 6.45) is 28.4. The van der Waals surface area contributed by atoms with Gasteiger partial charge in [-0.3, -0.25) is 4.79 Å². The molecule has 4 rings (SSSR count). The molecule has 58 heavy (non-hydrogen) atoms. The standard InChI is InChI=1S/C53H74O5/c1-5-9-11-13-15-17-21-28-41-56-52-47-31-25-26-32-48(47)53(57-42-29-22-18-16-14-12-10-6-2)51-46(33-30-34-49(51)52)43-36-38-45(39-37-43)55-40-27-23-19-20-24-35-50(54)58-44(7-3)8-4/h7-8,25-26,30-34,36-39,44H,3-6,9-24,27-29,35,40-42H2,1-2H3. The highest BCUT2D eigenvalue weighted by molar-refractivity contribution is 6.15. The van der Waals surface area contributed by atoms with E-state index < -0.39 is 6.10 Å². The molecule has 0 saturated carbocycles. The molecule has 0 saturated heterocycles. The van der Waals surface area contributed by atoms with Gasteiger partial charge in [0.1, 0.15) is 23.4 Å². The van der Waals surface area contributed by atoms with Crippen LogP contribution in [0.25, 0.3) is 32.7 Å². The quantitative estimate of drug-likeness (QED) is 0.0208. The minimum Gasteiger partial charge on any atom is -0.494 e. The smallest absolute Gasteiger partial charge is 0.306 e. The van der Waals surface area contributed by atoms with E-state index in [4.69, 9.17) is 18.9 Å². The summed E-state index contributed by atoms with van der Waals surface area (Å²) in [7, 11) is 0. The Kier molecular flexibility index (Phi) is 22.6. The summed E-state index contributed by atoms with van der Waals surface area (Å²) >= 11 is 0. The van der Waals surface area contributed by atoms with Gasteiger partial charge in [0, 0.05) is 28.0 Å². The van der Waals surface area contributed by atoms with Crippen LogP contribution < -0.4 is 14.2 Å². The van der Waals surface area contributed by atoms with E-state index in [1.165, 1.54) is 89.9 Å². The van der Waals surface area contributed by atoms with Crippen LogP contribution in [0, 0.1) is 0 Å². The van der Waals surface area contributed by atoms with Gasteiger partial charge in [-0.15, -0.1) is 0 Å². The number of hydrogen-bond acceptors (Lipinski definition) is 5. The zero-order valence-corrected chi connectivity index (χ0v) is 36.2. The predicted octanol–water partition coefficient (Wildman–Crippen LogP) is 15.7. The van der Waals surface area contributed by atoms with Crippen molar-refractivity contribution in [2.75, 3.05) is 19.8 Å². The third-order valence-electron chi connectivity index (χ3n) is 11.1. The first-order chi connectivity index (χ1) is 28.6. The van der Waals surface area contributed by atoms with Crippen molar-refractivity contribution < 1.29 is 23.7 Å². The Bertz CT molecular complexity index is 1750. The molecule has 5 heteroatoms. The third-order valence-corrected chi connectivity index (χ3v) is 11.1. The summed E-state index contributed by atoms with van der Waals surface area (Å²) in [4.78, 5) is 12.0. The van der Waals surface area contributed by atoms with Crippen molar-refractivity contribution in [3.63, 3.8) is 0 Å². The van der Waals surface area contributed by atoms with E-state index in [1.807, 2.05) is 0 Å². The highest BCUT2D eigenvalue weighted by atomic mass is 16.5. The number of rotatable bonds is 33. The van der Waals surface area contributed by atoms with Gasteiger partial charge in [0.05, 0.1) is 19.8 Å². The van der Waals surface area contributed by atoms with Gasteiger partial charge in [0.2, 0.25) is 0 Å². The Morgan fingerprint density at radius 2 is 0.983 bits per heavy atom. The van der Waals surface area contributed by atoms with E-state index in [0.29, 0.717) is 26.2 Å². The van der Waals surface area contributed by atoms with E-state index in [0.717, 1.165) is 94.9 Å². The SMILES string of the molecule is C=CC(C=C)OC(=O)CCCCCCCOc1ccc(-c2cccc3c(OCCCCCCCCCC)c4ccccc4c(OCCCCCCCCCC)c23)cc1. The minimum absolute atomic E-state index is 0.196. The van der Waals surface area contributed by atoms with Crippen LogP contribution in [0.15, 0.2) is 92.0 Å². The van der Waals surface area contributed by atoms with Gasteiger partial charge in [-0.05, 0) is 61.1 Å². The molecule has 0 heterocycles. The maximum Gasteiger partial charge on any atom is 0.306 e. The number of benzene rings is 4. The highest BCUT2D eigenvalue weighted by Gasteiger charge is 2.20. The van der Waals surface area contributed by atoms with E-state index in [2.05, 4.69) is 93.7 Å². The molecule has 0 aliphatic rings. The summed E-state index contributed by atoms with van der Waals surface area (Å²) in [5.41, 5.74) is 2.27. The summed E-state index contributed by atoms with van der Waals surface area (Å²) in [5.74, 6) is 2.60. The molecule has 0 unspecified atom stereocenters. The molecule has 0 aliphatic carbocycles. The fourth-order valence-electron chi connectivity index (χ4n) is 7.74. The summed E-state index contributed by atoms with van der Waals surface area (Å²) in [6.45, 7) is 14.0. The van der Waals surface area contributed by atoms with Gasteiger partial charge >= 0.3 is 5.97 Å². The fraction of sp³-hybridized carbons (Fsp3) is 0.528. The van der Waals surface area contributed by atoms with Crippen molar-refractivity contribution in [1.29, 1.82) is 0 Å². The maximum absolute atomic E-state index is 12.0. The molecule has 0 bridgehead atoms. The van der Waals surface area contributed by atoms with E-state index in [9.17, 15) is 4.79 Å². The molecule has 0 N–H and O–H groups in total. The number of ether oxygens (including phenoxy) is 4. The molecule has 4 aromatic carbocycles. The first kappa shape index (κ1) is 46.4. The van der Waals surface area contributed by atoms with Crippen molar-refractivity contribution >= 4 is 27.5 Å². The zero-order chi connectivity index (χ0) is 41.0. The topological polar surface area (TPSA) is 54.0 Å². The van der Waals surface area contributed by atoms with E-state index in [1.54, 1.807) is 12.2 Å². The first-order valence-corrected chi connectivity index (χ1v) is 23.0. The number of fused-ring (bicyclic) bond motifs is 2. The Labute approximate surface area is 351 Å². The van der Waals surface area contributed by atoms with Crippen LogP contribution in [-0.2, 0) is 9.53 Å². The predicted molar refractivity (Wildman–Crippen MR) is 247 cm³/mol. The van der Waals surface area contributed by atoms with Crippen LogP contribution in [0.1, 0.15) is 155 Å². The molecule has 316 valence electrons. The summed E-state index contributed by atoms with van der Waals surface area (Å²) in [5, 5.41) is 4.46. The number of hydrogen-bond donors (Lipinski definition) is 0. The summed E-state index contributed by atoms with van der Waals surface area (Å²) < 4.78 is 25.1.